The van der Waals surface area contributed by atoms with Gasteiger partial charge in [0.1, 0.15) is 30.5 Å². The largest absolute Gasteiger partial charge is 0.486 e. The number of hydrogen-bond donors (Lipinski definition) is 3. The number of aromatic nitrogens is 3. The zero-order valence-electron chi connectivity index (χ0n) is 15.4. The lowest BCUT2D eigenvalue weighted by Crippen LogP contribution is -2.16. The van der Waals surface area contributed by atoms with E-state index in [4.69, 9.17) is 9.47 Å². The number of benzene rings is 1. The first-order chi connectivity index (χ1) is 13.6. The van der Waals surface area contributed by atoms with E-state index < -0.39 is 5.95 Å². The number of carbonyl (C=O) groups excluding carboxylic acids is 1. The van der Waals surface area contributed by atoms with Crippen molar-refractivity contribution in [3.8, 4) is 11.5 Å². The van der Waals surface area contributed by atoms with Crippen LogP contribution in [0.5, 0.6) is 11.5 Å². The van der Waals surface area contributed by atoms with Crippen molar-refractivity contribution in [2.45, 2.75) is 13.3 Å². The summed E-state index contributed by atoms with van der Waals surface area (Å²) in [6.07, 6.45) is 0.209. The molecule has 0 saturated heterocycles. The van der Waals surface area contributed by atoms with Crippen molar-refractivity contribution < 1.29 is 18.7 Å². The molecule has 0 spiro atoms. The minimum absolute atomic E-state index is 0.0679. The molecule has 3 N–H and O–H groups in total. The first kappa shape index (κ1) is 17.8. The van der Waals surface area contributed by atoms with Crippen LogP contribution in [0.1, 0.15) is 13.3 Å². The number of para-hydroxylation sites is 1. The molecule has 0 radical (unpaired) electrons. The van der Waals surface area contributed by atoms with Gasteiger partial charge in [0.05, 0.1) is 5.69 Å². The number of anilines is 4. The van der Waals surface area contributed by atoms with Crippen LogP contribution < -0.4 is 25.4 Å². The Morgan fingerprint density at radius 2 is 2.14 bits per heavy atom. The van der Waals surface area contributed by atoms with Crippen molar-refractivity contribution in [3.05, 3.63) is 30.2 Å². The molecule has 9 nitrogen and oxygen atoms in total. The molecular formula is C18H19FN6O3. The molecule has 0 bridgehead atoms. The van der Waals surface area contributed by atoms with Crippen LogP contribution in [0.25, 0.3) is 5.65 Å². The molecule has 0 saturated carbocycles. The van der Waals surface area contributed by atoms with Gasteiger partial charge < -0.3 is 25.4 Å². The van der Waals surface area contributed by atoms with Crippen LogP contribution >= 0.6 is 0 Å². The first-order valence-corrected chi connectivity index (χ1v) is 8.83. The standard InChI is InChI=1S/C18H19FN6O3/c1-3-14(26)23-15-17(19)24-25-13(20-2)9-12(22-18(15)25)21-10-5-4-6-11-16(10)28-8-7-27-11/h4-6,9,20H,3,7-8H2,1-2H3,(H,21,22)(H,23,26). The molecule has 1 aromatic carbocycles. The molecule has 0 unspecified atom stereocenters. The van der Waals surface area contributed by atoms with E-state index in [-0.39, 0.29) is 23.7 Å². The SMILES string of the molecule is CCC(=O)Nc1c(F)nn2c(NC)cc(Nc3cccc4c3OCCO4)nc12. The molecule has 28 heavy (non-hydrogen) atoms. The molecule has 10 heteroatoms. The van der Waals surface area contributed by atoms with E-state index in [0.717, 1.165) is 0 Å². The maximum atomic E-state index is 14.3. The third kappa shape index (κ3) is 3.13. The normalized spacial score (nSPS) is 12.7. The molecule has 1 aliphatic heterocycles. The summed E-state index contributed by atoms with van der Waals surface area (Å²) in [6, 6.07) is 7.15. The highest BCUT2D eigenvalue weighted by Crippen LogP contribution is 2.39. The van der Waals surface area contributed by atoms with Gasteiger partial charge in [-0.25, -0.2) is 4.98 Å². The molecule has 4 rings (SSSR count). The van der Waals surface area contributed by atoms with Crippen molar-refractivity contribution in [2.24, 2.45) is 0 Å². The second kappa shape index (κ2) is 7.22. The smallest absolute Gasteiger partial charge is 0.258 e. The molecule has 3 heterocycles. The lowest BCUT2D eigenvalue weighted by molar-refractivity contribution is -0.115. The molecule has 146 valence electrons. The fourth-order valence-electron chi connectivity index (χ4n) is 2.88. The van der Waals surface area contributed by atoms with Gasteiger partial charge in [0.25, 0.3) is 5.95 Å². The van der Waals surface area contributed by atoms with E-state index >= 15 is 0 Å². The second-order valence-corrected chi connectivity index (χ2v) is 6.03. The van der Waals surface area contributed by atoms with E-state index in [1.807, 2.05) is 18.2 Å². The fourth-order valence-corrected chi connectivity index (χ4v) is 2.88. The Bertz CT molecular complexity index is 1050. The van der Waals surface area contributed by atoms with Crippen LogP contribution in [-0.4, -0.2) is 40.8 Å². The number of amides is 1. The first-order valence-electron chi connectivity index (χ1n) is 8.83. The summed E-state index contributed by atoms with van der Waals surface area (Å²) in [5.41, 5.74) is 0.771. The Balaban J connectivity index is 1.78. The number of hydrogen-bond acceptors (Lipinski definition) is 7. The summed E-state index contributed by atoms with van der Waals surface area (Å²) in [5.74, 6) is 0.995. The summed E-state index contributed by atoms with van der Waals surface area (Å²) in [6.45, 7) is 2.61. The van der Waals surface area contributed by atoms with Crippen LogP contribution in [-0.2, 0) is 4.79 Å². The number of nitrogens with one attached hydrogen (secondary N) is 3. The van der Waals surface area contributed by atoms with E-state index in [2.05, 4.69) is 26.0 Å². The highest BCUT2D eigenvalue weighted by atomic mass is 19.1. The van der Waals surface area contributed by atoms with Gasteiger partial charge in [-0.15, -0.1) is 5.10 Å². The maximum absolute atomic E-state index is 14.3. The summed E-state index contributed by atoms with van der Waals surface area (Å²) >= 11 is 0. The van der Waals surface area contributed by atoms with Gasteiger partial charge in [-0.1, -0.05) is 13.0 Å². The Morgan fingerprint density at radius 1 is 1.32 bits per heavy atom. The summed E-state index contributed by atoms with van der Waals surface area (Å²) in [7, 11) is 1.68. The van der Waals surface area contributed by atoms with Crippen LogP contribution in [0.15, 0.2) is 24.3 Å². The van der Waals surface area contributed by atoms with Gasteiger partial charge in [-0.3, -0.25) is 4.79 Å². The quantitative estimate of drug-likeness (QED) is 0.620. The lowest BCUT2D eigenvalue weighted by Gasteiger charge is -2.21. The monoisotopic (exact) mass is 386 g/mol. The lowest BCUT2D eigenvalue weighted by atomic mass is 10.2. The van der Waals surface area contributed by atoms with E-state index in [0.29, 0.717) is 42.0 Å². The predicted octanol–water partition coefficient (Wildman–Crippen LogP) is 2.77. The van der Waals surface area contributed by atoms with Gasteiger partial charge in [0, 0.05) is 19.5 Å². The molecule has 1 amide bonds. The topological polar surface area (TPSA) is 102 Å². The molecular weight excluding hydrogens is 367 g/mol. The molecule has 0 fully saturated rings. The Hall–Kier alpha value is -3.56. The van der Waals surface area contributed by atoms with Crippen molar-refractivity contribution >= 4 is 34.6 Å². The number of ether oxygens (including phenoxy) is 2. The van der Waals surface area contributed by atoms with E-state index in [1.54, 1.807) is 20.0 Å². The average molecular weight is 386 g/mol. The highest BCUT2D eigenvalue weighted by Gasteiger charge is 2.20. The Kier molecular flexibility index (Phi) is 4.60. The van der Waals surface area contributed by atoms with E-state index in [1.165, 1.54) is 4.52 Å². The average Bonchev–Trinajstić information content (AvgIpc) is 3.03. The van der Waals surface area contributed by atoms with Crippen molar-refractivity contribution in [3.63, 3.8) is 0 Å². The van der Waals surface area contributed by atoms with Crippen LogP contribution in [0, 0.1) is 5.95 Å². The highest BCUT2D eigenvalue weighted by molar-refractivity contribution is 5.94. The molecule has 3 aromatic rings. The predicted molar refractivity (Wildman–Crippen MR) is 102 cm³/mol. The number of carbonyl (C=O) groups is 1. The van der Waals surface area contributed by atoms with Crippen molar-refractivity contribution in [1.29, 1.82) is 0 Å². The summed E-state index contributed by atoms with van der Waals surface area (Å²) in [5, 5.41) is 12.5. The summed E-state index contributed by atoms with van der Waals surface area (Å²) in [4.78, 5) is 16.2. The second-order valence-electron chi connectivity index (χ2n) is 6.03. The maximum Gasteiger partial charge on any atom is 0.258 e. The zero-order chi connectivity index (χ0) is 19.7. The minimum Gasteiger partial charge on any atom is -0.486 e. The molecule has 0 aliphatic carbocycles. The Labute approximate surface area is 159 Å². The van der Waals surface area contributed by atoms with Crippen LogP contribution in [0.2, 0.25) is 0 Å². The molecule has 0 atom stereocenters. The van der Waals surface area contributed by atoms with Gasteiger partial charge in [0.2, 0.25) is 5.91 Å². The third-order valence-corrected chi connectivity index (χ3v) is 4.22. The third-order valence-electron chi connectivity index (χ3n) is 4.22. The molecule has 1 aliphatic rings. The number of rotatable bonds is 5. The van der Waals surface area contributed by atoms with Gasteiger partial charge in [-0.2, -0.15) is 8.91 Å². The number of halogens is 1. The fraction of sp³-hybridized carbons (Fsp3) is 0.278. The molecule has 2 aromatic heterocycles. The Morgan fingerprint density at radius 3 is 2.93 bits per heavy atom. The van der Waals surface area contributed by atoms with Crippen molar-refractivity contribution in [2.75, 3.05) is 36.2 Å². The van der Waals surface area contributed by atoms with Crippen LogP contribution in [0.4, 0.5) is 27.4 Å². The van der Waals surface area contributed by atoms with Gasteiger partial charge in [-0.05, 0) is 12.1 Å². The van der Waals surface area contributed by atoms with Gasteiger partial charge in [0.15, 0.2) is 17.1 Å². The van der Waals surface area contributed by atoms with Crippen LogP contribution in [0.3, 0.4) is 0 Å². The van der Waals surface area contributed by atoms with E-state index in [9.17, 15) is 9.18 Å². The summed E-state index contributed by atoms with van der Waals surface area (Å²) < 4.78 is 26.9. The van der Waals surface area contributed by atoms with Gasteiger partial charge >= 0.3 is 0 Å². The number of fused-ring (bicyclic) bond motifs is 2. The zero-order valence-corrected chi connectivity index (χ0v) is 15.4. The minimum atomic E-state index is -0.809. The van der Waals surface area contributed by atoms with Crippen molar-refractivity contribution in [1.82, 2.24) is 14.6 Å². The number of nitrogens with zero attached hydrogens (tertiary/aromatic N) is 3.